The third-order valence-corrected chi connectivity index (χ3v) is 5.98. The van der Waals surface area contributed by atoms with Crippen LogP contribution in [-0.4, -0.2) is 33.3 Å². The standard InChI is InChI=1S/C20H26N2O3/c1-21-18-4-3-17(24-2)13-19(18)22-10-8-20(9-11-22)7-5-16(14-20)6-12-25-15-23/h3-4,13,15-16H,5-12,14H2,2H3. The number of hydrogen-bond acceptors (Lipinski definition) is 4. The Kier molecular flexibility index (Phi) is 5.47. The highest BCUT2D eigenvalue weighted by Crippen LogP contribution is 2.50. The van der Waals surface area contributed by atoms with Crippen LogP contribution in [0.2, 0.25) is 0 Å². The van der Waals surface area contributed by atoms with Gasteiger partial charge in [0.25, 0.3) is 6.47 Å². The number of methoxy groups -OCH3 is 1. The van der Waals surface area contributed by atoms with E-state index in [-0.39, 0.29) is 0 Å². The van der Waals surface area contributed by atoms with Gasteiger partial charge in [0, 0.05) is 18.8 Å². The number of carbonyl (C=O) groups is 1. The molecule has 5 heteroatoms. The van der Waals surface area contributed by atoms with Gasteiger partial charge in [0.2, 0.25) is 5.69 Å². The lowest BCUT2D eigenvalue weighted by Gasteiger charge is -2.41. The molecule has 3 rings (SSSR count). The number of anilines is 1. The average Bonchev–Trinajstić information content (AvgIpc) is 3.04. The molecule has 0 N–H and O–H groups in total. The highest BCUT2D eigenvalue weighted by Gasteiger charge is 2.41. The summed E-state index contributed by atoms with van der Waals surface area (Å²) in [4.78, 5) is 16.3. The molecule has 1 saturated carbocycles. The van der Waals surface area contributed by atoms with Crippen molar-refractivity contribution in [2.75, 3.05) is 31.7 Å². The number of carbonyl (C=O) groups excluding carboxylic acids is 1. The third-order valence-electron chi connectivity index (χ3n) is 5.98. The minimum atomic E-state index is 0.444. The first-order valence-corrected chi connectivity index (χ1v) is 9.05. The Morgan fingerprint density at radius 2 is 2.16 bits per heavy atom. The second-order valence-electron chi connectivity index (χ2n) is 7.32. The molecule has 1 aliphatic heterocycles. The van der Waals surface area contributed by atoms with Gasteiger partial charge in [0.1, 0.15) is 5.75 Å². The van der Waals surface area contributed by atoms with Gasteiger partial charge < -0.3 is 14.4 Å². The molecule has 0 bridgehead atoms. The van der Waals surface area contributed by atoms with Crippen LogP contribution in [-0.2, 0) is 9.53 Å². The molecule has 1 atom stereocenters. The highest BCUT2D eigenvalue weighted by molar-refractivity contribution is 5.73. The van der Waals surface area contributed by atoms with Crippen molar-refractivity contribution in [2.24, 2.45) is 11.3 Å². The molecule has 1 aliphatic carbocycles. The molecule has 1 spiro atoms. The van der Waals surface area contributed by atoms with Gasteiger partial charge >= 0.3 is 0 Å². The molecule has 1 saturated heterocycles. The number of benzene rings is 1. The van der Waals surface area contributed by atoms with Gasteiger partial charge in [0.15, 0.2) is 0 Å². The summed E-state index contributed by atoms with van der Waals surface area (Å²) in [6.07, 6.45) is 7.10. The normalized spacial score (nSPS) is 21.8. The summed E-state index contributed by atoms with van der Waals surface area (Å²) in [5, 5.41) is 0. The van der Waals surface area contributed by atoms with Gasteiger partial charge in [-0.15, -0.1) is 0 Å². The van der Waals surface area contributed by atoms with Gasteiger partial charge in [-0.25, -0.2) is 4.85 Å². The Bertz CT molecular complexity index is 645. The lowest BCUT2D eigenvalue weighted by atomic mass is 9.76. The first kappa shape index (κ1) is 17.6. The minimum absolute atomic E-state index is 0.444. The summed E-state index contributed by atoms with van der Waals surface area (Å²) >= 11 is 0. The van der Waals surface area contributed by atoms with Gasteiger partial charge in [-0.3, -0.25) is 4.79 Å². The van der Waals surface area contributed by atoms with E-state index in [1.807, 2.05) is 18.2 Å². The minimum Gasteiger partial charge on any atom is -0.497 e. The number of rotatable bonds is 6. The molecule has 5 nitrogen and oxygen atoms in total. The Labute approximate surface area is 149 Å². The van der Waals surface area contributed by atoms with Gasteiger partial charge in [0.05, 0.1) is 20.3 Å². The summed E-state index contributed by atoms with van der Waals surface area (Å²) in [7, 11) is 1.66. The molecule has 1 unspecified atom stereocenters. The highest BCUT2D eigenvalue weighted by atomic mass is 16.5. The maximum absolute atomic E-state index is 10.3. The van der Waals surface area contributed by atoms with E-state index < -0.39 is 0 Å². The van der Waals surface area contributed by atoms with E-state index in [9.17, 15) is 4.79 Å². The summed E-state index contributed by atoms with van der Waals surface area (Å²) in [6, 6.07) is 5.69. The molecule has 0 radical (unpaired) electrons. The van der Waals surface area contributed by atoms with Crippen LogP contribution in [0.1, 0.15) is 38.5 Å². The topological polar surface area (TPSA) is 43.1 Å². The van der Waals surface area contributed by atoms with E-state index in [0.717, 1.165) is 30.9 Å². The Balaban J connectivity index is 1.61. The van der Waals surface area contributed by atoms with E-state index in [2.05, 4.69) is 9.74 Å². The maximum Gasteiger partial charge on any atom is 0.293 e. The molecule has 0 amide bonds. The fourth-order valence-corrected chi connectivity index (χ4v) is 4.51. The summed E-state index contributed by atoms with van der Waals surface area (Å²) in [5.74, 6) is 1.49. The SMILES string of the molecule is [C-]#[N+]c1ccc(OC)cc1N1CCC2(CCC(CCOC=O)C2)CC1. The van der Waals surface area contributed by atoms with Crippen LogP contribution in [0, 0.1) is 17.9 Å². The van der Waals surface area contributed by atoms with Gasteiger partial charge in [-0.05, 0) is 62.0 Å². The molecular weight excluding hydrogens is 316 g/mol. The lowest BCUT2D eigenvalue weighted by molar-refractivity contribution is -0.129. The van der Waals surface area contributed by atoms with E-state index in [4.69, 9.17) is 16.0 Å². The Morgan fingerprint density at radius 3 is 2.84 bits per heavy atom. The zero-order valence-electron chi connectivity index (χ0n) is 14.9. The van der Waals surface area contributed by atoms with Crippen molar-refractivity contribution in [1.82, 2.24) is 0 Å². The molecule has 25 heavy (non-hydrogen) atoms. The van der Waals surface area contributed by atoms with Crippen molar-refractivity contribution >= 4 is 17.8 Å². The second-order valence-corrected chi connectivity index (χ2v) is 7.32. The number of hydrogen-bond donors (Lipinski definition) is 0. The molecule has 2 fully saturated rings. The summed E-state index contributed by atoms with van der Waals surface area (Å²) in [5.41, 5.74) is 2.14. The molecule has 1 heterocycles. The van der Waals surface area contributed by atoms with Crippen LogP contribution in [0.5, 0.6) is 5.75 Å². The van der Waals surface area contributed by atoms with E-state index in [1.54, 1.807) is 7.11 Å². The fraction of sp³-hybridized carbons (Fsp3) is 0.600. The quantitative estimate of drug-likeness (QED) is 0.441. The van der Waals surface area contributed by atoms with Gasteiger partial charge in [-0.1, -0.05) is 6.07 Å². The van der Waals surface area contributed by atoms with Crippen LogP contribution < -0.4 is 9.64 Å². The van der Waals surface area contributed by atoms with Crippen LogP contribution in [0.25, 0.3) is 4.85 Å². The lowest BCUT2D eigenvalue weighted by Crippen LogP contribution is -2.39. The first-order valence-electron chi connectivity index (χ1n) is 9.05. The zero-order valence-corrected chi connectivity index (χ0v) is 14.9. The number of ether oxygens (including phenoxy) is 2. The van der Waals surface area contributed by atoms with Crippen molar-refractivity contribution in [3.63, 3.8) is 0 Å². The van der Waals surface area contributed by atoms with E-state index in [1.165, 1.54) is 32.1 Å². The van der Waals surface area contributed by atoms with Crippen molar-refractivity contribution in [2.45, 2.75) is 38.5 Å². The first-order chi connectivity index (χ1) is 12.2. The van der Waals surface area contributed by atoms with Crippen molar-refractivity contribution in [3.05, 3.63) is 29.6 Å². The third kappa shape index (κ3) is 3.89. The fourth-order valence-electron chi connectivity index (χ4n) is 4.51. The van der Waals surface area contributed by atoms with Crippen molar-refractivity contribution in [1.29, 1.82) is 0 Å². The molecular formula is C20H26N2O3. The van der Waals surface area contributed by atoms with Crippen LogP contribution in [0.4, 0.5) is 11.4 Å². The second kappa shape index (κ2) is 7.77. The molecule has 1 aromatic carbocycles. The smallest absolute Gasteiger partial charge is 0.293 e. The van der Waals surface area contributed by atoms with Crippen molar-refractivity contribution < 1.29 is 14.3 Å². The maximum atomic E-state index is 10.3. The van der Waals surface area contributed by atoms with Crippen molar-refractivity contribution in [3.8, 4) is 5.75 Å². The van der Waals surface area contributed by atoms with Crippen LogP contribution >= 0.6 is 0 Å². The zero-order chi connectivity index (χ0) is 17.7. The molecule has 0 aromatic heterocycles. The number of nitrogens with zero attached hydrogens (tertiary/aromatic N) is 2. The summed E-state index contributed by atoms with van der Waals surface area (Å²) < 4.78 is 10.2. The molecule has 2 aliphatic rings. The molecule has 134 valence electrons. The predicted octanol–water partition coefficient (Wildman–Crippen LogP) is 4.20. The van der Waals surface area contributed by atoms with E-state index >= 15 is 0 Å². The van der Waals surface area contributed by atoms with Gasteiger partial charge in [-0.2, -0.15) is 0 Å². The number of piperidine rings is 1. The summed E-state index contributed by atoms with van der Waals surface area (Å²) in [6.45, 7) is 10.5. The molecule has 1 aromatic rings. The largest absolute Gasteiger partial charge is 0.497 e. The van der Waals surface area contributed by atoms with E-state index in [0.29, 0.717) is 30.1 Å². The monoisotopic (exact) mass is 342 g/mol. The Morgan fingerprint density at radius 1 is 1.36 bits per heavy atom. The predicted molar refractivity (Wildman–Crippen MR) is 97.1 cm³/mol. The van der Waals surface area contributed by atoms with Crippen LogP contribution in [0.3, 0.4) is 0 Å². The average molecular weight is 342 g/mol. The Hall–Kier alpha value is -2.22. The van der Waals surface area contributed by atoms with Crippen LogP contribution in [0.15, 0.2) is 18.2 Å².